The molecule has 0 unspecified atom stereocenters. The van der Waals surface area contributed by atoms with Crippen LogP contribution in [0.3, 0.4) is 0 Å². The Bertz CT molecular complexity index is 761. The lowest BCUT2D eigenvalue weighted by molar-refractivity contribution is -0.274. The Balaban J connectivity index is 0.000000921. The summed E-state index contributed by atoms with van der Waals surface area (Å²) in [7, 11) is 0. The monoisotopic (exact) mass is 415 g/mol. The molecule has 0 radical (unpaired) electrons. The molecule has 0 saturated carbocycles. The van der Waals surface area contributed by atoms with Crippen molar-refractivity contribution in [1.82, 2.24) is 0 Å². The number of carbonyl (C=O) groups is 1. The third kappa shape index (κ3) is 6.75. The number of benzene rings is 2. The molecule has 0 aliphatic carbocycles. The molecule has 0 atom stereocenters. The van der Waals surface area contributed by atoms with Crippen molar-refractivity contribution in [2.24, 2.45) is 0 Å². The summed E-state index contributed by atoms with van der Waals surface area (Å²) in [6.07, 6.45) is -4.00. The van der Waals surface area contributed by atoms with E-state index >= 15 is 0 Å². The van der Waals surface area contributed by atoms with Crippen LogP contribution in [0.15, 0.2) is 42.5 Å². The van der Waals surface area contributed by atoms with Crippen LogP contribution in [0.4, 0.5) is 18.9 Å². The molecule has 0 aromatic heterocycles. The number of fused-ring (bicyclic) bond motifs is 1. The molecule has 7 heteroatoms. The van der Waals surface area contributed by atoms with Crippen molar-refractivity contribution in [2.75, 3.05) is 11.4 Å². The summed E-state index contributed by atoms with van der Waals surface area (Å²) in [6.45, 7) is 8.44. The first-order chi connectivity index (χ1) is 13.3. The molecule has 1 heterocycles. The molecule has 2 aromatic rings. The Labute approximate surface area is 169 Å². The van der Waals surface area contributed by atoms with Crippen LogP contribution in [0.1, 0.15) is 38.8 Å². The fourth-order valence-corrected chi connectivity index (χ4v) is 2.81. The third-order valence-electron chi connectivity index (χ3n) is 3.76. The van der Waals surface area contributed by atoms with Crippen molar-refractivity contribution in [3.63, 3.8) is 0 Å². The van der Waals surface area contributed by atoms with Crippen LogP contribution in [-0.2, 0) is 17.6 Å². The lowest BCUT2D eigenvalue weighted by atomic mass is 10.1. The van der Waals surface area contributed by atoms with Gasteiger partial charge in [-0.05, 0) is 35.7 Å². The summed E-state index contributed by atoms with van der Waals surface area (Å²) >= 11 is 5.81. The number of hydrogen-bond acceptors (Lipinski definition) is 2. The number of alkyl halides is 3. The van der Waals surface area contributed by atoms with E-state index in [4.69, 9.17) is 11.6 Å². The van der Waals surface area contributed by atoms with Gasteiger partial charge in [-0.15, -0.1) is 13.2 Å². The van der Waals surface area contributed by atoms with Crippen molar-refractivity contribution in [1.29, 1.82) is 0 Å². The molecule has 0 bridgehead atoms. The van der Waals surface area contributed by atoms with Crippen LogP contribution in [0.5, 0.6) is 5.75 Å². The largest absolute Gasteiger partial charge is 0.573 e. The minimum Gasteiger partial charge on any atom is -0.406 e. The topological polar surface area (TPSA) is 29.5 Å². The van der Waals surface area contributed by atoms with Gasteiger partial charge in [-0.2, -0.15) is 0 Å². The van der Waals surface area contributed by atoms with Crippen LogP contribution in [0, 0.1) is 0 Å². The maximum Gasteiger partial charge on any atom is 0.573 e. The second kappa shape index (κ2) is 11.0. The van der Waals surface area contributed by atoms with Crippen LogP contribution in [0.25, 0.3) is 0 Å². The predicted molar refractivity (Wildman–Crippen MR) is 107 cm³/mol. The summed E-state index contributed by atoms with van der Waals surface area (Å²) in [5.41, 5.74) is 2.09. The van der Waals surface area contributed by atoms with Crippen molar-refractivity contribution in [3.05, 3.63) is 58.6 Å². The van der Waals surface area contributed by atoms with Crippen LogP contribution >= 0.6 is 11.6 Å². The summed E-state index contributed by atoms with van der Waals surface area (Å²) < 4.78 is 41.0. The number of amides is 1. The van der Waals surface area contributed by atoms with Gasteiger partial charge in [0.25, 0.3) is 0 Å². The van der Waals surface area contributed by atoms with Gasteiger partial charge in [0, 0.05) is 17.6 Å². The molecular formula is C21H25ClF3NO2. The fourth-order valence-electron chi connectivity index (χ4n) is 2.69. The first-order valence-electron chi connectivity index (χ1n) is 9.25. The van der Waals surface area contributed by atoms with E-state index in [0.717, 1.165) is 11.1 Å². The van der Waals surface area contributed by atoms with Gasteiger partial charge in [0.05, 0.1) is 12.1 Å². The van der Waals surface area contributed by atoms with Gasteiger partial charge < -0.3 is 9.64 Å². The first kappa shape index (κ1) is 23.8. The number of rotatable bonds is 3. The zero-order valence-corrected chi connectivity index (χ0v) is 17.2. The van der Waals surface area contributed by atoms with Crippen LogP contribution in [0.2, 0.25) is 5.02 Å². The summed E-state index contributed by atoms with van der Waals surface area (Å²) in [5.74, 6) is -0.507. The Hall–Kier alpha value is -2.21. The molecule has 0 fully saturated rings. The minimum absolute atomic E-state index is 0.154. The average molecular weight is 416 g/mol. The molecule has 28 heavy (non-hydrogen) atoms. The van der Waals surface area contributed by atoms with Crippen molar-refractivity contribution in [3.8, 4) is 5.75 Å². The van der Waals surface area contributed by atoms with Crippen molar-refractivity contribution >= 4 is 23.2 Å². The minimum atomic E-state index is -4.76. The average Bonchev–Trinajstić information content (AvgIpc) is 3.09. The molecule has 0 N–H and O–H groups in total. The summed E-state index contributed by atoms with van der Waals surface area (Å²) in [4.78, 5) is 14.0. The SMILES string of the molecule is CC.CC.O=C(Cc1ccc(Cl)cc1)N1CCc2ccc(OC(F)(F)F)cc21. The molecule has 3 nitrogen and oxygen atoms in total. The molecule has 0 saturated heterocycles. The zero-order chi connectivity index (χ0) is 21.3. The van der Waals surface area contributed by atoms with Crippen molar-refractivity contribution in [2.45, 2.75) is 46.9 Å². The highest BCUT2D eigenvalue weighted by molar-refractivity contribution is 6.30. The number of anilines is 1. The standard InChI is InChI=1S/C17H13ClF3NO2.2C2H6/c18-13-4-1-11(2-5-13)9-16(23)22-8-7-12-3-6-14(10-15(12)22)24-17(19,20)21;2*1-2/h1-6,10H,7-9H2;2*1-2H3. The van der Waals surface area contributed by atoms with Crippen LogP contribution < -0.4 is 9.64 Å². The molecular weight excluding hydrogens is 391 g/mol. The van der Waals surface area contributed by atoms with E-state index in [2.05, 4.69) is 4.74 Å². The number of ether oxygens (including phenoxy) is 1. The van der Waals surface area contributed by atoms with Gasteiger partial charge in [0.15, 0.2) is 0 Å². The molecule has 2 aromatic carbocycles. The number of hydrogen-bond donors (Lipinski definition) is 0. The van der Waals surface area contributed by atoms with E-state index in [1.807, 2.05) is 27.7 Å². The Morgan fingerprint density at radius 3 is 2.25 bits per heavy atom. The van der Waals surface area contributed by atoms with E-state index in [-0.39, 0.29) is 18.1 Å². The van der Waals surface area contributed by atoms with E-state index in [1.54, 1.807) is 30.3 Å². The highest BCUT2D eigenvalue weighted by atomic mass is 35.5. The van der Waals surface area contributed by atoms with Gasteiger partial charge in [-0.3, -0.25) is 4.79 Å². The zero-order valence-electron chi connectivity index (χ0n) is 16.4. The number of carbonyl (C=O) groups excluding carboxylic acids is 1. The Morgan fingerprint density at radius 2 is 1.68 bits per heavy atom. The van der Waals surface area contributed by atoms with Crippen molar-refractivity contribution < 1.29 is 22.7 Å². The fraction of sp³-hybridized carbons (Fsp3) is 0.381. The van der Waals surface area contributed by atoms with E-state index in [0.29, 0.717) is 23.7 Å². The highest BCUT2D eigenvalue weighted by Gasteiger charge is 2.32. The number of nitrogens with zero attached hydrogens (tertiary/aromatic N) is 1. The molecule has 1 aliphatic heterocycles. The normalized spacial score (nSPS) is 12.2. The second-order valence-corrected chi connectivity index (χ2v) is 5.87. The quantitative estimate of drug-likeness (QED) is 0.578. The van der Waals surface area contributed by atoms with Crippen LogP contribution in [-0.4, -0.2) is 18.8 Å². The molecule has 3 rings (SSSR count). The summed E-state index contributed by atoms with van der Waals surface area (Å²) in [6, 6.07) is 11.0. The van der Waals surface area contributed by atoms with Gasteiger partial charge in [-0.1, -0.05) is 57.5 Å². The van der Waals surface area contributed by atoms with E-state index < -0.39 is 6.36 Å². The number of halogens is 4. The Morgan fingerprint density at radius 1 is 1.07 bits per heavy atom. The lowest BCUT2D eigenvalue weighted by Crippen LogP contribution is -2.30. The van der Waals surface area contributed by atoms with Gasteiger partial charge in [0.2, 0.25) is 5.91 Å². The molecule has 1 aliphatic rings. The molecule has 0 spiro atoms. The lowest BCUT2D eigenvalue weighted by Gasteiger charge is -2.18. The molecule has 154 valence electrons. The van der Waals surface area contributed by atoms with E-state index in [1.165, 1.54) is 17.0 Å². The molecule has 1 amide bonds. The smallest absolute Gasteiger partial charge is 0.406 e. The Kier molecular flexibility index (Phi) is 9.32. The third-order valence-corrected chi connectivity index (χ3v) is 4.01. The second-order valence-electron chi connectivity index (χ2n) is 5.44. The summed E-state index contributed by atoms with van der Waals surface area (Å²) in [5, 5.41) is 0.576. The maximum absolute atomic E-state index is 12.5. The predicted octanol–water partition coefficient (Wildman–Crippen LogP) is 6.42. The van der Waals surface area contributed by atoms with Gasteiger partial charge >= 0.3 is 6.36 Å². The first-order valence-corrected chi connectivity index (χ1v) is 9.63. The van der Waals surface area contributed by atoms with E-state index in [9.17, 15) is 18.0 Å². The van der Waals surface area contributed by atoms with Gasteiger partial charge in [-0.25, -0.2) is 0 Å². The highest BCUT2D eigenvalue weighted by Crippen LogP contribution is 2.34. The van der Waals surface area contributed by atoms with Gasteiger partial charge in [0.1, 0.15) is 5.75 Å². The maximum atomic E-state index is 12.5.